The van der Waals surface area contributed by atoms with Crippen molar-refractivity contribution >= 4 is 0 Å². The lowest BCUT2D eigenvalue weighted by Crippen LogP contribution is -1.91. The fraction of sp³-hybridized carbons (Fsp3) is 0.600. The third kappa shape index (κ3) is 0.0982. The van der Waals surface area contributed by atoms with Crippen LogP contribution >= 0.6 is 0 Å². The van der Waals surface area contributed by atoms with E-state index >= 15 is 0 Å². The summed E-state index contributed by atoms with van der Waals surface area (Å²) in [5, 5.41) is 0. The minimum absolute atomic E-state index is 1.02. The largest absolute Gasteiger partial charge is 0.0775 e. The molecule has 0 nitrogen and oxygen atoms in total. The molecule has 26 valence electrons. The first-order chi connectivity index (χ1) is 2.47. The zero-order valence-corrected chi connectivity index (χ0v) is 3.07. The minimum Gasteiger partial charge on any atom is -0.0775 e. The zero-order chi connectivity index (χ0) is 3.28. The number of rotatable bonds is 0. The highest BCUT2D eigenvalue weighted by atomic mass is 14.4. The summed E-state index contributed by atoms with van der Waals surface area (Å²) < 4.78 is 0. The number of hydrogen-bond donors (Lipinski definition) is 0. The van der Waals surface area contributed by atoms with Gasteiger partial charge in [0.2, 0.25) is 0 Å². The summed E-state index contributed by atoms with van der Waals surface area (Å²) in [6, 6.07) is 0. The highest BCUT2D eigenvalue weighted by Crippen LogP contribution is 2.47. The van der Waals surface area contributed by atoms with E-state index in [9.17, 15) is 0 Å². The topological polar surface area (TPSA) is 0 Å². The van der Waals surface area contributed by atoms with Crippen LogP contribution < -0.4 is 0 Å². The van der Waals surface area contributed by atoms with E-state index < -0.39 is 0 Å². The van der Waals surface area contributed by atoms with Crippen LogP contribution in [0.5, 0.6) is 0 Å². The van der Waals surface area contributed by atoms with Gasteiger partial charge in [-0.1, -0.05) is 11.6 Å². The molecule has 0 aromatic heterocycles. The van der Waals surface area contributed by atoms with Gasteiger partial charge >= 0.3 is 0 Å². The van der Waals surface area contributed by atoms with Gasteiger partial charge in [-0.2, -0.15) is 0 Å². The quantitative estimate of drug-likeness (QED) is 0.374. The molecule has 0 aromatic carbocycles. The number of fused-ring (bicyclic) bond motifs is 1. The van der Waals surface area contributed by atoms with Gasteiger partial charge in [-0.25, -0.2) is 0 Å². The molecule has 1 unspecified atom stereocenters. The average molecular weight is 66.1 g/mol. The Kier molecular flexibility index (Phi) is 0.148. The number of allylic oxidation sites excluding steroid dienone is 2. The van der Waals surface area contributed by atoms with Crippen molar-refractivity contribution in [3.05, 3.63) is 11.6 Å². The molecule has 0 heterocycles. The van der Waals surface area contributed by atoms with E-state index in [-0.39, 0.29) is 0 Å². The smallest absolute Gasteiger partial charge is 0.00171 e. The van der Waals surface area contributed by atoms with Crippen molar-refractivity contribution in [3.63, 3.8) is 0 Å². The summed E-state index contributed by atoms with van der Waals surface area (Å²) in [6.45, 7) is 0. The molecule has 1 atom stereocenters. The van der Waals surface area contributed by atoms with E-state index in [0.29, 0.717) is 0 Å². The van der Waals surface area contributed by atoms with Crippen LogP contribution in [0.4, 0.5) is 0 Å². The van der Waals surface area contributed by atoms with Crippen LogP contribution in [0.15, 0.2) is 11.6 Å². The first-order valence-electron chi connectivity index (χ1n) is 2.17. The van der Waals surface area contributed by atoms with Crippen molar-refractivity contribution < 1.29 is 0 Å². The van der Waals surface area contributed by atoms with Gasteiger partial charge in [-0.15, -0.1) is 0 Å². The summed E-state index contributed by atoms with van der Waals surface area (Å²) in [7, 11) is 0. The van der Waals surface area contributed by atoms with Gasteiger partial charge in [0.05, 0.1) is 0 Å². The van der Waals surface area contributed by atoms with Crippen LogP contribution in [0.1, 0.15) is 12.8 Å². The van der Waals surface area contributed by atoms with Crippen molar-refractivity contribution in [2.24, 2.45) is 5.92 Å². The molecule has 0 radical (unpaired) electrons. The van der Waals surface area contributed by atoms with Gasteiger partial charge in [0, 0.05) is 0 Å². The van der Waals surface area contributed by atoms with Crippen LogP contribution in [0.2, 0.25) is 0 Å². The molecule has 2 aliphatic rings. The second-order valence-corrected chi connectivity index (χ2v) is 1.89. The molecule has 1 fully saturated rings. The predicted molar refractivity (Wildman–Crippen MR) is 20.8 cm³/mol. The van der Waals surface area contributed by atoms with Crippen LogP contribution in [0, 0.1) is 5.92 Å². The van der Waals surface area contributed by atoms with E-state index in [1.54, 1.807) is 5.57 Å². The van der Waals surface area contributed by atoms with Gasteiger partial charge in [0.25, 0.3) is 0 Å². The van der Waals surface area contributed by atoms with E-state index in [0.717, 1.165) is 5.92 Å². The van der Waals surface area contributed by atoms with Crippen LogP contribution in [0.3, 0.4) is 0 Å². The molecule has 0 aromatic rings. The Morgan fingerprint density at radius 3 is 2.60 bits per heavy atom. The molecule has 2 rings (SSSR count). The van der Waals surface area contributed by atoms with E-state index in [2.05, 4.69) is 6.08 Å². The predicted octanol–water partition coefficient (Wildman–Crippen LogP) is 1.34. The van der Waals surface area contributed by atoms with Crippen molar-refractivity contribution in [2.75, 3.05) is 0 Å². The summed E-state index contributed by atoms with van der Waals surface area (Å²) in [5.41, 5.74) is 1.73. The molecular weight excluding hydrogens is 60.1 g/mol. The van der Waals surface area contributed by atoms with Crippen molar-refractivity contribution in [2.45, 2.75) is 12.8 Å². The van der Waals surface area contributed by atoms with Crippen molar-refractivity contribution in [3.8, 4) is 0 Å². The van der Waals surface area contributed by atoms with Gasteiger partial charge < -0.3 is 0 Å². The molecule has 2 aliphatic carbocycles. The Labute approximate surface area is 31.5 Å². The lowest BCUT2D eigenvalue weighted by molar-refractivity contribution is 0.641. The Balaban J connectivity index is 2.36. The zero-order valence-electron chi connectivity index (χ0n) is 3.07. The van der Waals surface area contributed by atoms with Crippen LogP contribution in [0.25, 0.3) is 0 Å². The third-order valence-corrected chi connectivity index (χ3v) is 1.53. The fourth-order valence-electron chi connectivity index (χ4n) is 0.855. The SMILES string of the molecule is C1=C2CCC12. The van der Waals surface area contributed by atoms with Gasteiger partial charge in [0.15, 0.2) is 0 Å². The van der Waals surface area contributed by atoms with Crippen molar-refractivity contribution in [1.29, 1.82) is 0 Å². The number of hydrogen-bond acceptors (Lipinski definition) is 0. The first kappa shape index (κ1) is 2.01. The highest BCUT2D eigenvalue weighted by Gasteiger charge is 2.32. The third-order valence-electron chi connectivity index (χ3n) is 1.53. The van der Waals surface area contributed by atoms with E-state index in [4.69, 9.17) is 0 Å². The van der Waals surface area contributed by atoms with Crippen LogP contribution in [-0.2, 0) is 0 Å². The Bertz CT molecular complexity index is 90.2. The second kappa shape index (κ2) is 0.368. The minimum atomic E-state index is 1.02. The maximum absolute atomic E-state index is 2.36. The Morgan fingerprint density at radius 1 is 1.80 bits per heavy atom. The molecule has 5 heavy (non-hydrogen) atoms. The summed E-state index contributed by atoms with van der Waals surface area (Å²) in [5.74, 6) is 1.02. The van der Waals surface area contributed by atoms with E-state index in [1.807, 2.05) is 0 Å². The van der Waals surface area contributed by atoms with Crippen molar-refractivity contribution in [1.82, 2.24) is 0 Å². The first-order valence-corrected chi connectivity index (χ1v) is 2.17. The molecule has 0 saturated heterocycles. The maximum atomic E-state index is 2.36. The Morgan fingerprint density at radius 2 is 2.60 bits per heavy atom. The fourth-order valence-corrected chi connectivity index (χ4v) is 0.855. The normalized spacial score (nSPS) is 41.6. The standard InChI is InChI=1S/C5H6/c1-2-5-3-4(1)5/h3-4H,1-2H2. The lowest BCUT2D eigenvalue weighted by atomic mass is 10.00. The van der Waals surface area contributed by atoms with E-state index in [1.165, 1.54) is 12.8 Å². The monoisotopic (exact) mass is 66.0 g/mol. The van der Waals surface area contributed by atoms with Gasteiger partial charge in [-0.05, 0) is 18.8 Å². The molecule has 0 aliphatic heterocycles. The average Bonchev–Trinajstić information content (AvgIpc) is 1.74. The molecular formula is C5H6. The summed E-state index contributed by atoms with van der Waals surface area (Å²) in [4.78, 5) is 0. The van der Waals surface area contributed by atoms with Gasteiger partial charge in [-0.3, -0.25) is 0 Å². The van der Waals surface area contributed by atoms with Crippen LogP contribution in [-0.4, -0.2) is 0 Å². The molecule has 0 N–H and O–H groups in total. The summed E-state index contributed by atoms with van der Waals surface area (Å²) >= 11 is 0. The van der Waals surface area contributed by atoms with Gasteiger partial charge in [0.1, 0.15) is 0 Å². The highest BCUT2D eigenvalue weighted by molar-refractivity contribution is 5.36. The molecule has 0 spiro atoms. The lowest BCUT2D eigenvalue weighted by Gasteiger charge is -2.05. The second-order valence-electron chi connectivity index (χ2n) is 1.89. The molecule has 0 amide bonds. The molecule has 0 bridgehead atoms. The summed E-state index contributed by atoms with van der Waals surface area (Å²) in [6.07, 6.45) is 5.25. The maximum Gasteiger partial charge on any atom is -0.00171 e. The molecule has 1 saturated carbocycles. The Hall–Kier alpha value is -0.260. The molecule has 0 heteroatoms.